The lowest BCUT2D eigenvalue weighted by Crippen LogP contribution is -2.37. The first-order chi connectivity index (χ1) is 26.6. The van der Waals surface area contributed by atoms with Gasteiger partial charge in [-0.2, -0.15) is 0 Å². The second-order valence-corrected chi connectivity index (χ2v) is 16.9. The Morgan fingerprint density at radius 3 is 1.87 bits per heavy atom. The minimum absolute atomic E-state index is 0.00399. The zero-order valence-corrected chi connectivity index (χ0v) is 33.9. The second kappa shape index (κ2) is 21.8. The number of aryl methyl sites for hydroxylation is 1. The fourth-order valence-corrected chi connectivity index (χ4v) is 7.60. The van der Waals surface area contributed by atoms with Crippen LogP contribution in [0, 0.1) is 0 Å². The molecule has 0 saturated heterocycles. The Labute approximate surface area is 327 Å². The number of carbonyl (C=O) groups is 1. The number of hydrogen-bond donors (Lipinski definition) is 0. The molecule has 0 amide bonds. The van der Waals surface area contributed by atoms with Gasteiger partial charge in [-0.05, 0) is 82.1 Å². The number of rotatable bonds is 27. The standard InChI is InChI=1S/C45H60NO8P/c1-46(2,3)29-33-52-55(48,49)53-35-41(54-45(47)40-19-11-10-12-20-40)34-51-32-15-9-7-5-4-6-8-14-30-50-31-16-13-18-36-23-24-39-26-25-37-21-17-22-38-27-28-42(36)44(39)43(37)38/h10-12,17,19-28,41H,4-9,13-16,18,29-35H2,1-3H3. The highest BCUT2D eigenvalue weighted by Gasteiger charge is 2.21. The van der Waals surface area contributed by atoms with Gasteiger partial charge in [-0.1, -0.05) is 111 Å². The molecular formula is C45H60NO8P. The minimum Gasteiger partial charge on any atom is -0.756 e. The summed E-state index contributed by atoms with van der Waals surface area (Å²) >= 11 is 0. The van der Waals surface area contributed by atoms with Crippen molar-refractivity contribution in [2.75, 3.05) is 67.3 Å². The smallest absolute Gasteiger partial charge is 0.338 e. The molecule has 0 spiro atoms. The van der Waals surface area contributed by atoms with E-state index in [0.29, 0.717) is 23.2 Å². The van der Waals surface area contributed by atoms with Crippen molar-refractivity contribution in [1.29, 1.82) is 0 Å². The second-order valence-electron chi connectivity index (χ2n) is 15.5. The molecule has 9 nitrogen and oxygen atoms in total. The lowest BCUT2D eigenvalue weighted by molar-refractivity contribution is -0.870. The first-order valence-corrected chi connectivity index (χ1v) is 21.5. The van der Waals surface area contributed by atoms with Crippen LogP contribution in [0.3, 0.4) is 0 Å². The Morgan fingerprint density at radius 2 is 1.20 bits per heavy atom. The van der Waals surface area contributed by atoms with E-state index in [1.165, 1.54) is 63.6 Å². The molecule has 0 aromatic heterocycles. The van der Waals surface area contributed by atoms with Gasteiger partial charge < -0.3 is 32.6 Å². The molecule has 5 rings (SSSR count). The van der Waals surface area contributed by atoms with E-state index in [1.54, 1.807) is 30.3 Å². The van der Waals surface area contributed by atoms with Gasteiger partial charge in [0.15, 0.2) is 0 Å². The van der Waals surface area contributed by atoms with Crippen LogP contribution in [0.15, 0.2) is 84.9 Å². The van der Waals surface area contributed by atoms with Crippen LogP contribution in [0.5, 0.6) is 0 Å². The Balaban J connectivity index is 0.874. The molecule has 0 saturated carbocycles. The van der Waals surface area contributed by atoms with Gasteiger partial charge in [0.05, 0.1) is 39.9 Å². The largest absolute Gasteiger partial charge is 0.756 e. The minimum atomic E-state index is -4.56. The highest BCUT2D eigenvalue weighted by molar-refractivity contribution is 7.45. The fraction of sp³-hybridized carbons (Fsp3) is 0.489. The van der Waals surface area contributed by atoms with E-state index >= 15 is 0 Å². The van der Waals surface area contributed by atoms with E-state index in [0.717, 1.165) is 58.2 Å². The number of hydrogen-bond acceptors (Lipinski definition) is 8. The number of unbranched alkanes of at least 4 members (excludes halogenated alkanes) is 8. The number of phosphoric acid groups is 1. The lowest BCUT2D eigenvalue weighted by atomic mass is 9.91. The van der Waals surface area contributed by atoms with Crippen LogP contribution < -0.4 is 4.89 Å². The van der Waals surface area contributed by atoms with Gasteiger partial charge in [0, 0.05) is 19.8 Å². The van der Waals surface area contributed by atoms with Crippen LogP contribution in [0.25, 0.3) is 32.3 Å². The molecule has 0 fully saturated rings. The number of benzene rings is 5. The van der Waals surface area contributed by atoms with Crippen LogP contribution in [0.4, 0.5) is 0 Å². The van der Waals surface area contributed by atoms with E-state index in [4.69, 9.17) is 23.3 Å². The topological polar surface area (TPSA) is 103 Å². The van der Waals surface area contributed by atoms with Crippen LogP contribution in [0.1, 0.15) is 80.1 Å². The van der Waals surface area contributed by atoms with Gasteiger partial charge >= 0.3 is 5.97 Å². The molecule has 10 heteroatoms. The molecule has 0 aliphatic carbocycles. The monoisotopic (exact) mass is 773 g/mol. The SMILES string of the molecule is C[N+](C)(C)CCOP(=O)([O-])OCC(COCCCCCCCCCCOCCCCc1ccc2ccc3cccc4ccc1c2c34)OC(=O)c1ccccc1. The highest BCUT2D eigenvalue weighted by atomic mass is 31.2. The van der Waals surface area contributed by atoms with Crippen molar-refractivity contribution in [3.05, 3.63) is 96.1 Å². The first-order valence-electron chi connectivity index (χ1n) is 20.1. The number of esters is 1. The van der Waals surface area contributed by atoms with Crippen LogP contribution in [0.2, 0.25) is 0 Å². The van der Waals surface area contributed by atoms with E-state index in [2.05, 4.69) is 54.6 Å². The first kappa shape index (κ1) is 42.7. The summed E-state index contributed by atoms with van der Waals surface area (Å²) < 4.78 is 40.2. The van der Waals surface area contributed by atoms with Gasteiger partial charge in [0.1, 0.15) is 19.3 Å². The van der Waals surface area contributed by atoms with Crippen molar-refractivity contribution < 1.29 is 42.0 Å². The van der Waals surface area contributed by atoms with Gasteiger partial charge in [0.25, 0.3) is 7.82 Å². The van der Waals surface area contributed by atoms with Gasteiger partial charge in [-0.15, -0.1) is 0 Å². The maximum absolute atomic E-state index is 12.6. The third-order valence-corrected chi connectivity index (χ3v) is 10.9. The molecule has 0 radical (unpaired) electrons. The third kappa shape index (κ3) is 14.2. The van der Waals surface area contributed by atoms with Crippen LogP contribution >= 0.6 is 7.82 Å². The summed E-state index contributed by atoms with van der Waals surface area (Å²) in [7, 11) is 1.25. The molecule has 298 valence electrons. The number of phosphoric ester groups is 1. The lowest BCUT2D eigenvalue weighted by Gasteiger charge is -2.28. The van der Waals surface area contributed by atoms with E-state index < -0.39 is 19.9 Å². The summed E-state index contributed by atoms with van der Waals surface area (Å²) in [4.78, 5) is 24.9. The Bertz CT molecular complexity index is 1910. The number of carbonyl (C=O) groups excluding carboxylic acids is 1. The average molecular weight is 774 g/mol. The number of quaternary nitrogens is 1. The maximum atomic E-state index is 12.6. The molecule has 5 aromatic rings. The molecule has 0 aliphatic rings. The summed E-state index contributed by atoms with van der Waals surface area (Å²) in [6, 6.07) is 28.8. The zero-order valence-electron chi connectivity index (χ0n) is 33.0. The quantitative estimate of drug-likeness (QED) is 0.0171. The number of likely N-dealkylation sites (N-methyl/N-ethyl adjacent to an activating group) is 1. The predicted molar refractivity (Wildman–Crippen MR) is 220 cm³/mol. The highest BCUT2D eigenvalue weighted by Crippen LogP contribution is 2.39. The van der Waals surface area contributed by atoms with E-state index in [1.807, 2.05) is 21.1 Å². The van der Waals surface area contributed by atoms with Crippen molar-refractivity contribution in [2.24, 2.45) is 0 Å². The van der Waals surface area contributed by atoms with Gasteiger partial charge in [0.2, 0.25) is 0 Å². The van der Waals surface area contributed by atoms with Crippen molar-refractivity contribution in [3.63, 3.8) is 0 Å². The van der Waals surface area contributed by atoms with Crippen molar-refractivity contribution in [2.45, 2.75) is 76.7 Å². The maximum Gasteiger partial charge on any atom is 0.338 e. The molecule has 2 atom stereocenters. The summed E-state index contributed by atoms with van der Waals surface area (Å²) in [6.45, 7) is 2.28. The molecule has 0 heterocycles. The molecule has 2 unspecified atom stereocenters. The normalized spacial score (nSPS) is 13.8. The third-order valence-electron chi connectivity index (χ3n) is 9.95. The predicted octanol–water partition coefficient (Wildman–Crippen LogP) is 9.49. The Kier molecular flexibility index (Phi) is 16.9. The van der Waals surface area contributed by atoms with Crippen molar-refractivity contribution in [3.8, 4) is 0 Å². The van der Waals surface area contributed by atoms with E-state index in [9.17, 15) is 14.3 Å². The van der Waals surface area contributed by atoms with Crippen LogP contribution in [-0.4, -0.2) is 83.9 Å². The number of ether oxygens (including phenoxy) is 3. The molecular weight excluding hydrogens is 713 g/mol. The summed E-state index contributed by atoms with van der Waals surface area (Å²) in [6.07, 6.45) is 11.3. The number of nitrogens with zero attached hydrogens (tertiary/aromatic N) is 1. The molecule has 0 aliphatic heterocycles. The summed E-state index contributed by atoms with van der Waals surface area (Å²) in [5, 5.41) is 8.13. The average Bonchev–Trinajstić information content (AvgIpc) is 3.17. The molecule has 55 heavy (non-hydrogen) atoms. The van der Waals surface area contributed by atoms with E-state index in [-0.39, 0.29) is 19.8 Å². The van der Waals surface area contributed by atoms with Crippen molar-refractivity contribution in [1.82, 2.24) is 0 Å². The Morgan fingerprint density at radius 1 is 0.618 bits per heavy atom. The Hall–Kier alpha value is -3.40. The molecule has 5 aromatic carbocycles. The molecule has 0 N–H and O–H groups in total. The van der Waals surface area contributed by atoms with Gasteiger partial charge in [-0.25, -0.2) is 4.79 Å². The van der Waals surface area contributed by atoms with Gasteiger partial charge in [-0.3, -0.25) is 4.57 Å². The summed E-state index contributed by atoms with van der Waals surface area (Å²) in [5.41, 5.74) is 1.80. The summed E-state index contributed by atoms with van der Waals surface area (Å²) in [5.74, 6) is -0.567. The van der Waals surface area contributed by atoms with Crippen LogP contribution in [-0.2, 0) is 34.2 Å². The zero-order chi connectivity index (χ0) is 38.9. The van der Waals surface area contributed by atoms with Crippen molar-refractivity contribution >= 4 is 46.1 Å². The fourth-order valence-electron chi connectivity index (χ4n) is 6.87. The molecule has 0 bridgehead atoms.